The Bertz CT molecular complexity index is 1500. The van der Waals surface area contributed by atoms with E-state index in [1.807, 2.05) is 83.4 Å². The van der Waals surface area contributed by atoms with E-state index in [0.717, 1.165) is 16.7 Å². The number of aromatic nitrogens is 4. The highest BCUT2D eigenvalue weighted by Gasteiger charge is 2.47. The first-order valence-electron chi connectivity index (χ1n) is 13.3. The van der Waals surface area contributed by atoms with E-state index < -0.39 is 24.5 Å². The van der Waals surface area contributed by atoms with Gasteiger partial charge in [0.2, 0.25) is 0 Å². The maximum Gasteiger partial charge on any atom is 0.167 e. The number of imidazole rings is 1. The van der Waals surface area contributed by atoms with Crippen molar-refractivity contribution < 1.29 is 19.3 Å². The fourth-order valence-corrected chi connectivity index (χ4v) is 4.94. The van der Waals surface area contributed by atoms with Gasteiger partial charge in [-0.15, -0.1) is 0 Å². The van der Waals surface area contributed by atoms with E-state index in [1.165, 1.54) is 6.33 Å². The van der Waals surface area contributed by atoms with Crippen molar-refractivity contribution in [3.8, 4) is 0 Å². The summed E-state index contributed by atoms with van der Waals surface area (Å²) in [6.45, 7) is 1.11. The van der Waals surface area contributed by atoms with Gasteiger partial charge in [-0.2, -0.15) is 0 Å². The van der Waals surface area contributed by atoms with Crippen molar-refractivity contribution in [3.63, 3.8) is 0 Å². The van der Waals surface area contributed by atoms with Crippen LogP contribution in [0, 0.1) is 0 Å². The number of fused-ring (bicyclic) bond motifs is 1. The van der Waals surface area contributed by atoms with Gasteiger partial charge in [0.1, 0.15) is 24.6 Å². The number of hydrogen-bond acceptors (Lipinski definition) is 8. The van der Waals surface area contributed by atoms with Crippen molar-refractivity contribution in [2.45, 2.75) is 44.3 Å². The largest absolute Gasteiger partial charge is 0.394 e. The van der Waals surface area contributed by atoms with Gasteiger partial charge in [-0.1, -0.05) is 91.0 Å². The van der Waals surface area contributed by atoms with E-state index in [2.05, 4.69) is 32.4 Å². The molecule has 1 saturated heterocycles. The summed E-state index contributed by atoms with van der Waals surface area (Å²) in [6.07, 6.45) is 0.927. The number of nitrogens with one attached hydrogen (secondary N) is 1. The van der Waals surface area contributed by atoms with Crippen LogP contribution in [0.4, 0.5) is 5.82 Å². The van der Waals surface area contributed by atoms with Crippen molar-refractivity contribution in [2.75, 3.05) is 11.9 Å². The first-order valence-corrected chi connectivity index (χ1v) is 13.3. The van der Waals surface area contributed by atoms with Gasteiger partial charge in [0.15, 0.2) is 23.2 Å². The Morgan fingerprint density at radius 2 is 1.35 bits per heavy atom. The van der Waals surface area contributed by atoms with Crippen molar-refractivity contribution in [2.24, 2.45) is 0 Å². The lowest BCUT2D eigenvalue weighted by Crippen LogP contribution is -2.38. The van der Waals surface area contributed by atoms with Gasteiger partial charge in [-0.25, -0.2) is 15.0 Å². The van der Waals surface area contributed by atoms with Crippen LogP contribution in [0.2, 0.25) is 0 Å². The quantitative estimate of drug-likeness (QED) is 0.254. The Morgan fingerprint density at radius 3 is 1.98 bits per heavy atom. The van der Waals surface area contributed by atoms with Crippen molar-refractivity contribution in [3.05, 3.63) is 120 Å². The molecule has 3 heterocycles. The number of aliphatic hydroxyl groups excluding tert-OH is 1. The minimum Gasteiger partial charge on any atom is -0.394 e. The third-order valence-corrected chi connectivity index (χ3v) is 6.97. The molecule has 0 spiro atoms. The average molecular weight is 538 g/mol. The minimum absolute atomic E-state index is 0.216. The van der Waals surface area contributed by atoms with E-state index in [0.29, 0.717) is 36.7 Å². The highest BCUT2D eigenvalue weighted by molar-refractivity contribution is 5.82. The number of aliphatic hydroxyl groups is 1. The molecular weight excluding hydrogens is 506 g/mol. The van der Waals surface area contributed by atoms with E-state index in [4.69, 9.17) is 14.2 Å². The number of nitrogens with zero attached hydrogens (tertiary/aromatic N) is 4. The molecule has 2 N–H and O–H groups in total. The van der Waals surface area contributed by atoms with Crippen LogP contribution in [0.25, 0.3) is 11.2 Å². The highest BCUT2D eigenvalue weighted by Crippen LogP contribution is 2.36. The minimum atomic E-state index is -0.622. The molecule has 2 aromatic heterocycles. The Hall–Kier alpha value is -4.15. The van der Waals surface area contributed by atoms with Crippen LogP contribution in [-0.2, 0) is 34.0 Å². The van der Waals surface area contributed by atoms with Gasteiger partial charge in [0.05, 0.1) is 26.1 Å². The van der Waals surface area contributed by atoms with E-state index >= 15 is 0 Å². The summed E-state index contributed by atoms with van der Waals surface area (Å²) in [7, 11) is 0. The molecule has 1 aliphatic rings. The zero-order chi connectivity index (χ0) is 27.1. The summed E-state index contributed by atoms with van der Waals surface area (Å²) >= 11 is 0. The molecule has 0 bridgehead atoms. The maximum atomic E-state index is 10.3. The van der Waals surface area contributed by atoms with E-state index in [9.17, 15) is 5.11 Å². The van der Waals surface area contributed by atoms with E-state index in [1.54, 1.807) is 6.33 Å². The fourth-order valence-electron chi connectivity index (χ4n) is 4.94. The molecule has 5 aromatic rings. The number of anilines is 1. The predicted octanol–water partition coefficient (Wildman–Crippen LogP) is 4.50. The van der Waals surface area contributed by atoms with Gasteiger partial charge < -0.3 is 24.6 Å². The Labute approximate surface area is 232 Å². The van der Waals surface area contributed by atoms with Gasteiger partial charge in [-0.05, 0) is 16.7 Å². The van der Waals surface area contributed by atoms with Crippen LogP contribution in [0.1, 0.15) is 22.9 Å². The lowest BCUT2D eigenvalue weighted by Gasteiger charge is -2.25. The standard InChI is InChI=1S/C31H31N5O4/c37-17-25-27(38-18-23-12-6-2-7-13-23)28(39-19-24-14-8-3-9-15-24)31(40-25)36-21-35-26-29(33-20-34-30(26)36)32-16-22-10-4-1-5-11-22/h1-15,20-21,25,27-28,31,37H,16-19H2,(H,32,33,34)/t25-,27-,28-,31-/m1/s1. The predicted molar refractivity (Wildman–Crippen MR) is 150 cm³/mol. The zero-order valence-corrected chi connectivity index (χ0v) is 21.9. The summed E-state index contributed by atoms with van der Waals surface area (Å²) in [5.74, 6) is 0.628. The van der Waals surface area contributed by atoms with Crippen molar-refractivity contribution in [1.29, 1.82) is 0 Å². The second kappa shape index (κ2) is 12.4. The smallest absolute Gasteiger partial charge is 0.167 e. The SMILES string of the molecule is OC[C@H]1O[C@@H](n2cnc3c(NCc4ccccc4)ncnc32)[C@H](OCc2ccccc2)[C@@H]1OCc1ccccc1. The number of benzene rings is 3. The van der Waals surface area contributed by atoms with Gasteiger partial charge in [0, 0.05) is 6.54 Å². The lowest BCUT2D eigenvalue weighted by molar-refractivity contribution is -0.0899. The number of ether oxygens (including phenoxy) is 3. The fraction of sp³-hybridized carbons (Fsp3) is 0.258. The monoisotopic (exact) mass is 537 g/mol. The molecule has 4 atom stereocenters. The normalized spacial score (nSPS) is 20.6. The molecule has 0 amide bonds. The summed E-state index contributed by atoms with van der Waals surface area (Å²) in [4.78, 5) is 13.6. The molecule has 0 radical (unpaired) electrons. The molecule has 40 heavy (non-hydrogen) atoms. The second-order valence-electron chi connectivity index (χ2n) is 9.66. The van der Waals surface area contributed by atoms with Crippen molar-refractivity contribution >= 4 is 17.0 Å². The first-order chi connectivity index (χ1) is 19.8. The summed E-state index contributed by atoms with van der Waals surface area (Å²) < 4.78 is 21.0. The Kier molecular flexibility index (Phi) is 8.06. The third-order valence-electron chi connectivity index (χ3n) is 6.97. The molecule has 9 heteroatoms. The molecule has 9 nitrogen and oxygen atoms in total. The second-order valence-corrected chi connectivity index (χ2v) is 9.66. The Balaban J connectivity index is 1.28. The van der Waals surface area contributed by atoms with Gasteiger partial charge in [-0.3, -0.25) is 4.57 Å². The molecule has 1 aliphatic heterocycles. The molecule has 6 rings (SSSR count). The molecule has 204 valence electrons. The van der Waals surface area contributed by atoms with Crippen LogP contribution in [-0.4, -0.2) is 49.5 Å². The first kappa shape index (κ1) is 26.1. The van der Waals surface area contributed by atoms with Gasteiger partial charge in [0.25, 0.3) is 0 Å². The topological polar surface area (TPSA) is 104 Å². The Morgan fingerprint density at radius 1 is 0.750 bits per heavy atom. The average Bonchev–Trinajstić information content (AvgIpc) is 3.60. The number of hydrogen-bond donors (Lipinski definition) is 2. The van der Waals surface area contributed by atoms with Crippen LogP contribution in [0.5, 0.6) is 0 Å². The van der Waals surface area contributed by atoms with Crippen LogP contribution < -0.4 is 5.32 Å². The summed E-state index contributed by atoms with van der Waals surface area (Å²) in [5.41, 5.74) is 4.41. The maximum absolute atomic E-state index is 10.3. The number of rotatable bonds is 11. The van der Waals surface area contributed by atoms with Crippen molar-refractivity contribution in [1.82, 2.24) is 19.5 Å². The molecule has 0 aliphatic carbocycles. The molecule has 0 saturated carbocycles. The third kappa shape index (κ3) is 5.73. The summed E-state index contributed by atoms with van der Waals surface area (Å²) in [6, 6.07) is 30.0. The summed E-state index contributed by atoms with van der Waals surface area (Å²) in [5, 5.41) is 13.6. The van der Waals surface area contributed by atoms with Crippen LogP contribution in [0.3, 0.4) is 0 Å². The highest BCUT2D eigenvalue weighted by atomic mass is 16.6. The molecule has 3 aromatic carbocycles. The molecular formula is C31H31N5O4. The van der Waals surface area contributed by atoms with Crippen LogP contribution in [0.15, 0.2) is 104 Å². The lowest BCUT2D eigenvalue weighted by atomic mass is 10.1. The van der Waals surface area contributed by atoms with Crippen LogP contribution >= 0.6 is 0 Å². The molecule has 0 unspecified atom stereocenters. The van der Waals surface area contributed by atoms with E-state index in [-0.39, 0.29) is 6.61 Å². The molecule has 1 fully saturated rings. The van der Waals surface area contributed by atoms with Gasteiger partial charge >= 0.3 is 0 Å². The zero-order valence-electron chi connectivity index (χ0n) is 21.9.